The Morgan fingerprint density at radius 2 is 1.34 bits per heavy atom. The first-order valence-corrected chi connectivity index (χ1v) is 19.4. The van der Waals surface area contributed by atoms with Crippen LogP contribution >= 0.6 is 0 Å². The maximum Gasteiger partial charge on any atom is 0.119 e. The van der Waals surface area contributed by atoms with Gasteiger partial charge in [-0.3, -0.25) is 0 Å². The fraction of sp³-hybridized carbons (Fsp3) is 0.535. The van der Waals surface area contributed by atoms with E-state index in [1.165, 1.54) is 53.5 Å². The van der Waals surface area contributed by atoms with Gasteiger partial charge in [0.1, 0.15) is 12.4 Å². The Hall–Kier alpha value is -3.04. The number of β-amino-alcohol motifs (C(OH)–C–C–N with tert-alkyl or cyclic N) is 1. The molecule has 274 valence electrons. The summed E-state index contributed by atoms with van der Waals surface area (Å²) in [6.45, 7) is 15.9. The van der Waals surface area contributed by atoms with Crippen molar-refractivity contribution in [2.75, 3.05) is 85.3 Å². The van der Waals surface area contributed by atoms with Crippen LogP contribution in [0.15, 0.2) is 84.9 Å². The summed E-state index contributed by atoms with van der Waals surface area (Å²) in [5.74, 6) is 0.898. The maximum atomic E-state index is 11.0. The normalized spacial score (nSPS) is 16.8. The summed E-state index contributed by atoms with van der Waals surface area (Å²) in [7, 11) is 0. The SMILES string of the molecule is CCN(CC)CCOc1ccc(/C(=C(/CCCOCC(O)CN2CCCCCCNCCNCCC2)c2ccccc2)c2ccccc2)cc1. The number of aliphatic hydroxyl groups excluding tert-OH is 1. The van der Waals surface area contributed by atoms with Gasteiger partial charge in [0.05, 0.1) is 12.7 Å². The largest absolute Gasteiger partial charge is 0.492 e. The molecule has 1 unspecified atom stereocenters. The van der Waals surface area contributed by atoms with Crippen LogP contribution in [0.2, 0.25) is 0 Å². The van der Waals surface area contributed by atoms with Crippen LogP contribution in [0.25, 0.3) is 11.1 Å². The number of benzene rings is 3. The molecule has 1 aliphatic heterocycles. The van der Waals surface area contributed by atoms with E-state index in [4.69, 9.17) is 9.47 Å². The molecule has 0 aromatic heterocycles. The van der Waals surface area contributed by atoms with Crippen molar-refractivity contribution in [3.63, 3.8) is 0 Å². The van der Waals surface area contributed by atoms with Gasteiger partial charge in [0.15, 0.2) is 0 Å². The Labute approximate surface area is 303 Å². The smallest absolute Gasteiger partial charge is 0.119 e. The van der Waals surface area contributed by atoms with Gasteiger partial charge in [-0.2, -0.15) is 0 Å². The van der Waals surface area contributed by atoms with Crippen molar-refractivity contribution < 1.29 is 14.6 Å². The van der Waals surface area contributed by atoms with Crippen molar-refractivity contribution in [3.8, 4) is 5.75 Å². The molecule has 0 saturated carbocycles. The second-order valence-corrected chi connectivity index (χ2v) is 13.4. The zero-order valence-electron chi connectivity index (χ0n) is 31.0. The number of aliphatic hydroxyl groups is 1. The molecule has 3 N–H and O–H groups in total. The molecule has 0 amide bonds. The quantitative estimate of drug-likeness (QED) is 0.105. The van der Waals surface area contributed by atoms with Crippen LogP contribution in [0.3, 0.4) is 0 Å². The van der Waals surface area contributed by atoms with Gasteiger partial charge < -0.3 is 35.0 Å². The van der Waals surface area contributed by atoms with Gasteiger partial charge in [-0.1, -0.05) is 99.5 Å². The lowest BCUT2D eigenvalue weighted by atomic mass is 9.87. The van der Waals surface area contributed by atoms with Crippen LogP contribution in [0.1, 0.15) is 75.5 Å². The van der Waals surface area contributed by atoms with Crippen LogP contribution in [0.4, 0.5) is 0 Å². The van der Waals surface area contributed by atoms with E-state index in [1.54, 1.807) is 0 Å². The first-order chi connectivity index (χ1) is 24.7. The number of nitrogens with zero attached hydrogens (tertiary/aromatic N) is 2. The van der Waals surface area contributed by atoms with E-state index in [-0.39, 0.29) is 0 Å². The van der Waals surface area contributed by atoms with Crippen LogP contribution in [-0.2, 0) is 4.74 Å². The third-order valence-corrected chi connectivity index (χ3v) is 9.58. The number of ether oxygens (including phenoxy) is 2. The minimum Gasteiger partial charge on any atom is -0.492 e. The molecule has 1 atom stereocenters. The van der Waals surface area contributed by atoms with Crippen molar-refractivity contribution in [1.82, 2.24) is 20.4 Å². The molecule has 4 rings (SSSR count). The van der Waals surface area contributed by atoms with Crippen LogP contribution in [0, 0.1) is 0 Å². The number of hydrogen-bond acceptors (Lipinski definition) is 7. The van der Waals surface area contributed by atoms with Crippen molar-refractivity contribution >= 4 is 11.1 Å². The third kappa shape index (κ3) is 14.7. The summed E-state index contributed by atoms with van der Waals surface area (Å²) in [5.41, 5.74) is 6.12. The molecule has 0 bridgehead atoms. The molecule has 0 aliphatic carbocycles. The number of hydrogen-bond donors (Lipinski definition) is 3. The van der Waals surface area contributed by atoms with E-state index >= 15 is 0 Å². The van der Waals surface area contributed by atoms with Crippen LogP contribution in [-0.4, -0.2) is 106 Å². The summed E-state index contributed by atoms with van der Waals surface area (Å²) in [6.07, 6.45) is 7.28. The summed E-state index contributed by atoms with van der Waals surface area (Å²) in [4.78, 5) is 4.81. The first-order valence-electron chi connectivity index (χ1n) is 19.4. The lowest BCUT2D eigenvalue weighted by Gasteiger charge is -2.25. The predicted molar refractivity (Wildman–Crippen MR) is 210 cm³/mol. The Bertz CT molecular complexity index is 1300. The summed E-state index contributed by atoms with van der Waals surface area (Å²) >= 11 is 0. The Morgan fingerprint density at radius 3 is 2.04 bits per heavy atom. The molecule has 0 spiro atoms. The van der Waals surface area contributed by atoms with Crippen LogP contribution < -0.4 is 15.4 Å². The highest BCUT2D eigenvalue weighted by Crippen LogP contribution is 2.35. The van der Waals surface area contributed by atoms with Crippen molar-refractivity contribution in [3.05, 3.63) is 102 Å². The monoisotopic (exact) mass is 684 g/mol. The zero-order chi connectivity index (χ0) is 35.1. The van der Waals surface area contributed by atoms with Gasteiger partial charge in [-0.15, -0.1) is 0 Å². The number of nitrogens with one attached hydrogen (secondary N) is 2. The predicted octanol–water partition coefficient (Wildman–Crippen LogP) is 6.97. The minimum atomic E-state index is -0.484. The molecule has 1 saturated heterocycles. The number of rotatable bonds is 17. The summed E-state index contributed by atoms with van der Waals surface area (Å²) < 4.78 is 12.3. The van der Waals surface area contributed by atoms with Crippen molar-refractivity contribution in [1.29, 1.82) is 0 Å². The first kappa shape index (κ1) is 39.7. The third-order valence-electron chi connectivity index (χ3n) is 9.58. The highest BCUT2D eigenvalue weighted by Gasteiger charge is 2.16. The Morgan fingerprint density at radius 1 is 0.720 bits per heavy atom. The fourth-order valence-electron chi connectivity index (χ4n) is 6.73. The van der Waals surface area contributed by atoms with Gasteiger partial charge >= 0.3 is 0 Å². The maximum absolute atomic E-state index is 11.0. The van der Waals surface area contributed by atoms with E-state index in [0.717, 1.165) is 83.9 Å². The van der Waals surface area contributed by atoms with Gasteiger partial charge in [0.2, 0.25) is 0 Å². The zero-order valence-corrected chi connectivity index (χ0v) is 31.0. The van der Waals surface area contributed by atoms with E-state index in [1.807, 2.05) is 0 Å². The van der Waals surface area contributed by atoms with Crippen LogP contribution in [0.5, 0.6) is 5.75 Å². The molecule has 3 aromatic rings. The van der Waals surface area contributed by atoms with E-state index in [2.05, 4.69) is 119 Å². The standard InChI is InChI=1S/C43H64N4O3/c1-3-46(4-2)32-34-50-41-24-22-39(23-25-41)43(38-19-11-8-12-20-38)42(37-17-9-7-10-18-37)21-15-33-49-36-40(48)35-47-30-14-6-5-13-26-44-28-29-45-27-16-31-47/h7-12,17-20,22-25,40,44-45,48H,3-6,13-16,21,26-36H2,1-2H3/b43-42-. The minimum absolute atomic E-state index is 0.367. The van der Waals surface area contributed by atoms with Gasteiger partial charge in [-0.25, -0.2) is 0 Å². The van der Waals surface area contributed by atoms with Crippen molar-refractivity contribution in [2.24, 2.45) is 0 Å². The fourth-order valence-corrected chi connectivity index (χ4v) is 6.73. The summed E-state index contributed by atoms with van der Waals surface area (Å²) in [6, 6.07) is 30.0. The highest BCUT2D eigenvalue weighted by atomic mass is 16.5. The highest BCUT2D eigenvalue weighted by molar-refractivity contribution is 5.98. The number of allylic oxidation sites excluding steroid dienone is 1. The lowest BCUT2D eigenvalue weighted by Crippen LogP contribution is -2.38. The van der Waals surface area contributed by atoms with Gasteiger partial charge in [0, 0.05) is 32.8 Å². The summed E-state index contributed by atoms with van der Waals surface area (Å²) in [5, 5.41) is 18.0. The molecule has 7 heteroatoms. The van der Waals surface area contributed by atoms with E-state index in [0.29, 0.717) is 26.4 Å². The van der Waals surface area contributed by atoms with Gasteiger partial charge in [0.25, 0.3) is 0 Å². The second kappa shape index (κ2) is 24.2. The van der Waals surface area contributed by atoms with Crippen molar-refractivity contribution in [2.45, 2.75) is 64.9 Å². The number of likely N-dealkylation sites (N-methyl/N-ethyl adjacent to an activating group) is 1. The molecule has 1 heterocycles. The average molecular weight is 685 g/mol. The second-order valence-electron chi connectivity index (χ2n) is 13.4. The molecule has 0 radical (unpaired) electrons. The van der Waals surface area contributed by atoms with Gasteiger partial charge in [-0.05, 0) is 111 Å². The topological polar surface area (TPSA) is 69.2 Å². The molecule has 1 aliphatic rings. The van der Waals surface area contributed by atoms with E-state index < -0.39 is 6.10 Å². The molecule has 1 fully saturated rings. The molecule has 50 heavy (non-hydrogen) atoms. The van der Waals surface area contributed by atoms with E-state index in [9.17, 15) is 5.11 Å². The molecule has 7 nitrogen and oxygen atoms in total. The lowest BCUT2D eigenvalue weighted by molar-refractivity contribution is 0.0158. The average Bonchev–Trinajstić information content (AvgIpc) is 3.15. The Balaban J connectivity index is 1.38. The molecular weight excluding hydrogens is 620 g/mol. The Kier molecular flexibility index (Phi) is 19.2. The molecular formula is C43H64N4O3. The molecule has 3 aromatic carbocycles.